The zero-order valence-electron chi connectivity index (χ0n) is 15.4. The summed E-state index contributed by atoms with van der Waals surface area (Å²) in [5, 5.41) is 13.1. The van der Waals surface area contributed by atoms with Crippen molar-refractivity contribution in [3.8, 4) is 5.82 Å². The summed E-state index contributed by atoms with van der Waals surface area (Å²) in [6, 6.07) is 11.2. The standard InChI is InChI=1S/C19H23N7O/c1-3-15-7-4-5-8-16(15)25-19(27)21-11-10-20-17-13-18(24-14(2)23-17)26-12-6-9-22-26/h4-9,12-13H,3,10-11H2,1-2H3,(H,20,23,24)(H2,21,25,27). The number of amides is 2. The molecule has 0 unspecified atom stereocenters. The molecule has 3 N–H and O–H groups in total. The molecule has 0 aliphatic heterocycles. The van der Waals surface area contributed by atoms with Crippen molar-refractivity contribution in [3.63, 3.8) is 0 Å². The molecule has 2 heterocycles. The van der Waals surface area contributed by atoms with Gasteiger partial charge in [-0.15, -0.1) is 0 Å². The zero-order valence-corrected chi connectivity index (χ0v) is 15.4. The second kappa shape index (κ2) is 8.79. The second-order valence-electron chi connectivity index (χ2n) is 5.93. The van der Waals surface area contributed by atoms with E-state index in [-0.39, 0.29) is 6.03 Å². The van der Waals surface area contributed by atoms with Gasteiger partial charge in [0.1, 0.15) is 11.6 Å². The average molecular weight is 365 g/mol. The van der Waals surface area contributed by atoms with Crippen LogP contribution in [0.2, 0.25) is 0 Å². The van der Waals surface area contributed by atoms with Crippen molar-refractivity contribution in [2.24, 2.45) is 0 Å². The van der Waals surface area contributed by atoms with Gasteiger partial charge in [-0.25, -0.2) is 19.4 Å². The van der Waals surface area contributed by atoms with Gasteiger partial charge in [0.25, 0.3) is 0 Å². The molecule has 8 heteroatoms. The van der Waals surface area contributed by atoms with Crippen LogP contribution in [0.5, 0.6) is 0 Å². The van der Waals surface area contributed by atoms with Gasteiger partial charge in [-0.3, -0.25) is 0 Å². The van der Waals surface area contributed by atoms with Crippen LogP contribution in [0.1, 0.15) is 18.3 Å². The SMILES string of the molecule is CCc1ccccc1NC(=O)NCCNc1cc(-n2cccn2)nc(C)n1. The predicted octanol–water partition coefficient (Wildman–Crippen LogP) is 2.77. The van der Waals surface area contributed by atoms with E-state index < -0.39 is 0 Å². The molecule has 0 aliphatic rings. The van der Waals surface area contributed by atoms with E-state index >= 15 is 0 Å². The van der Waals surface area contributed by atoms with E-state index in [2.05, 4.69) is 37.9 Å². The van der Waals surface area contributed by atoms with Crippen LogP contribution in [-0.4, -0.2) is 38.9 Å². The van der Waals surface area contributed by atoms with Crippen LogP contribution < -0.4 is 16.0 Å². The number of hydrogen-bond donors (Lipinski definition) is 3. The maximum absolute atomic E-state index is 12.1. The number of anilines is 2. The van der Waals surface area contributed by atoms with Gasteiger partial charge in [0, 0.05) is 37.2 Å². The van der Waals surface area contributed by atoms with Crippen molar-refractivity contribution < 1.29 is 4.79 Å². The van der Waals surface area contributed by atoms with Crippen molar-refractivity contribution in [3.05, 3.63) is 60.2 Å². The van der Waals surface area contributed by atoms with Crippen molar-refractivity contribution in [2.75, 3.05) is 23.7 Å². The predicted molar refractivity (Wildman–Crippen MR) is 105 cm³/mol. The number of carbonyl (C=O) groups excluding carboxylic acids is 1. The van der Waals surface area contributed by atoms with Crippen LogP contribution in [-0.2, 0) is 6.42 Å². The molecule has 3 rings (SSSR count). The van der Waals surface area contributed by atoms with Crippen LogP contribution in [0.3, 0.4) is 0 Å². The van der Waals surface area contributed by atoms with Crippen LogP contribution in [0.4, 0.5) is 16.3 Å². The molecule has 2 amide bonds. The molecule has 0 spiro atoms. The maximum Gasteiger partial charge on any atom is 0.319 e. The quantitative estimate of drug-likeness (QED) is 0.560. The van der Waals surface area contributed by atoms with Gasteiger partial charge in [0.05, 0.1) is 0 Å². The van der Waals surface area contributed by atoms with E-state index in [9.17, 15) is 4.79 Å². The van der Waals surface area contributed by atoms with Crippen LogP contribution >= 0.6 is 0 Å². The average Bonchev–Trinajstić information content (AvgIpc) is 3.20. The Morgan fingerprint density at radius 3 is 2.78 bits per heavy atom. The van der Waals surface area contributed by atoms with E-state index in [1.165, 1.54) is 0 Å². The summed E-state index contributed by atoms with van der Waals surface area (Å²) in [6.45, 7) is 4.89. The lowest BCUT2D eigenvalue weighted by atomic mass is 10.1. The number of benzene rings is 1. The maximum atomic E-state index is 12.1. The first-order valence-corrected chi connectivity index (χ1v) is 8.88. The largest absolute Gasteiger partial charge is 0.368 e. The fourth-order valence-electron chi connectivity index (χ4n) is 2.65. The fraction of sp³-hybridized carbons (Fsp3) is 0.263. The van der Waals surface area contributed by atoms with Crippen molar-refractivity contribution in [1.82, 2.24) is 25.1 Å². The lowest BCUT2D eigenvalue weighted by Crippen LogP contribution is -2.33. The van der Waals surface area contributed by atoms with Gasteiger partial charge >= 0.3 is 6.03 Å². The number of para-hydroxylation sites is 1. The van der Waals surface area contributed by atoms with E-state index in [1.54, 1.807) is 10.9 Å². The number of aromatic nitrogens is 4. The minimum absolute atomic E-state index is 0.228. The number of carbonyl (C=O) groups is 1. The highest BCUT2D eigenvalue weighted by atomic mass is 16.2. The summed E-state index contributed by atoms with van der Waals surface area (Å²) in [6.07, 6.45) is 4.39. The fourth-order valence-corrected chi connectivity index (χ4v) is 2.65. The van der Waals surface area contributed by atoms with Crippen LogP contribution in [0, 0.1) is 6.92 Å². The van der Waals surface area contributed by atoms with E-state index in [1.807, 2.05) is 49.5 Å². The summed E-state index contributed by atoms with van der Waals surface area (Å²) >= 11 is 0. The molecule has 3 aromatic rings. The van der Waals surface area contributed by atoms with E-state index in [0.29, 0.717) is 30.5 Å². The van der Waals surface area contributed by atoms with Gasteiger partial charge in [-0.1, -0.05) is 25.1 Å². The monoisotopic (exact) mass is 365 g/mol. The zero-order chi connectivity index (χ0) is 19.1. The van der Waals surface area contributed by atoms with Crippen LogP contribution in [0.15, 0.2) is 48.8 Å². The van der Waals surface area contributed by atoms with Gasteiger partial charge < -0.3 is 16.0 Å². The molecule has 0 fully saturated rings. The summed E-state index contributed by atoms with van der Waals surface area (Å²) in [5.41, 5.74) is 1.94. The Hall–Kier alpha value is -3.42. The molecule has 0 saturated heterocycles. The third-order valence-electron chi connectivity index (χ3n) is 3.93. The van der Waals surface area contributed by atoms with Gasteiger partial charge in [-0.2, -0.15) is 5.10 Å². The summed E-state index contributed by atoms with van der Waals surface area (Å²) in [4.78, 5) is 20.8. The molecule has 0 bridgehead atoms. The highest BCUT2D eigenvalue weighted by Crippen LogP contribution is 2.15. The van der Waals surface area contributed by atoms with Gasteiger partial charge in [-0.05, 0) is 31.0 Å². The molecule has 0 aliphatic carbocycles. The van der Waals surface area contributed by atoms with Crippen molar-refractivity contribution >= 4 is 17.5 Å². The topological polar surface area (TPSA) is 96.8 Å². The lowest BCUT2D eigenvalue weighted by Gasteiger charge is -2.12. The van der Waals surface area contributed by atoms with Gasteiger partial charge in [0.15, 0.2) is 5.82 Å². The first-order chi connectivity index (χ1) is 13.2. The van der Waals surface area contributed by atoms with Crippen LogP contribution in [0.25, 0.3) is 5.82 Å². The van der Waals surface area contributed by atoms with Gasteiger partial charge in [0.2, 0.25) is 0 Å². The first kappa shape index (κ1) is 18.4. The van der Waals surface area contributed by atoms with E-state index in [0.717, 1.165) is 17.7 Å². The number of rotatable bonds is 7. The molecule has 140 valence electrons. The number of nitrogens with one attached hydrogen (secondary N) is 3. The molecule has 0 radical (unpaired) electrons. The number of urea groups is 1. The molecule has 1 aromatic carbocycles. The minimum Gasteiger partial charge on any atom is -0.368 e. The second-order valence-corrected chi connectivity index (χ2v) is 5.93. The summed E-state index contributed by atoms with van der Waals surface area (Å²) in [7, 11) is 0. The third kappa shape index (κ3) is 5.04. The van der Waals surface area contributed by atoms with E-state index in [4.69, 9.17) is 0 Å². The Bertz CT molecular complexity index is 893. The van der Waals surface area contributed by atoms with Crippen molar-refractivity contribution in [1.29, 1.82) is 0 Å². The Balaban J connectivity index is 1.49. The molecule has 0 saturated carbocycles. The smallest absolute Gasteiger partial charge is 0.319 e. The lowest BCUT2D eigenvalue weighted by molar-refractivity contribution is 0.252. The Kier molecular flexibility index (Phi) is 5.98. The number of nitrogens with zero attached hydrogens (tertiary/aromatic N) is 4. The number of aryl methyl sites for hydroxylation is 2. The first-order valence-electron chi connectivity index (χ1n) is 8.88. The summed E-state index contributed by atoms with van der Waals surface area (Å²) in [5.74, 6) is 2.02. The van der Waals surface area contributed by atoms with Crippen molar-refractivity contribution in [2.45, 2.75) is 20.3 Å². The highest BCUT2D eigenvalue weighted by molar-refractivity contribution is 5.90. The summed E-state index contributed by atoms with van der Waals surface area (Å²) < 4.78 is 1.68. The molecular weight excluding hydrogens is 342 g/mol. The third-order valence-corrected chi connectivity index (χ3v) is 3.93. The Morgan fingerprint density at radius 2 is 2.00 bits per heavy atom. The molecule has 2 aromatic heterocycles. The highest BCUT2D eigenvalue weighted by Gasteiger charge is 2.06. The molecule has 8 nitrogen and oxygen atoms in total. The molecule has 0 atom stereocenters. The number of hydrogen-bond acceptors (Lipinski definition) is 5. The Morgan fingerprint density at radius 1 is 1.15 bits per heavy atom. The minimum atomic E-state index is -0.228. The normalized spacial score (nSPS) is 10.4. The Labute approximate surface area is 158 Å². The molecular formula is C19H23N7O. The molecule has 27 heavy (non-hydrogen) atoms.